The smallest absolute Gasteiger partial charge is 0.164 e. The van der Waals surface area contributed by atoms with Crippen LogP contribution in [-0.2, 0) is 5.41 Å². The molecule has 4 heteroatoms. The van der Waals surface area contributed by atoms with Crippen LogP contribution >= 0.6 is 0 Å². The van der Waals surface area contributed by atoms with E-state index in [-0.39, 0.29) is 11.5 Å². The molecule has 0 fully saturated rings. The number of rotatable bonds is 4. The number of nitrogens with zero attached hydrogens (tertiary/aromatic N) is 3. The fourth-order valence-electron chi connectivity index (χ4n) is 8.95. The average Bonchev–Trinajstić information content (AvgIpc) is 3.71. The Morgan fingerprint density at radius 1 is 0.537 bits per heavy atom. The Hall–Kier alpha value is -6.65. The lowest BCUT2D eigenvalue weighted by Crippen LogP contribution is -2.17. The van der Waals surface area contributed by atoms with Gasteiger partial charge in [0.25, 0.3) is 0 Å². The van der Waals surface area contributed by atoms with Crippen LogP contribution in [0.25, 0.3) is 77.7 Å². The van der Waals surface area contributed by atoms with Gasteiger partial charge < -0.3 is 4.74 Å². The Kier molecular flexibility index (Phi) is 6.69. The van der Waals surface area contributed by atoms with Gasteiger partial charge in [0.2, 0.25) is 0 Å². The van der Waals surface area contributed by atoms with Crippen molar-refractivity contribution in [2.45, 2.75) is 31.8 Å². The summed E-state index contributed by atoms with van der Waals surface area (Å²) in [6, 6.07) is 51.9. The van der Waals surface area contributed by atoms with Crippen LogP contribution in [0.2, 0.25) is 0 Å². The maximum absolute atomic E-state index is 6.44. The van der Waals surface area contributed by atoms with Crippen molar-refractivity contribution in [3.05, 3.63) is 180 Å². The Bertz CT molecular complexity index is 2920. The van der Waals surface area contributed by atoms with E-state index in [1.54, 1.807) is 0 Å². The first-order valence-corrected chi connectivity index (χ1v) is 18.7. The van der Waals surface area contributed by atoms with Crippen LogP contribution in [0.15, 0.2) is 158 Å². The molecule has 1 aliphatic heterocycles. The predicted molar refractivity (Wildman–Crippen MR) is 220 cm³/mol. The van der Waals surface area contributed by atoms with Crippen molar-refractivity contribution in [1.29, 1.82) is 0 Å². The molecule has 54 heavy (non-hydrogen) atoms. The lowest BCUT2D eigenvalue weighted by Gasteiger charge is -2.24. The van der Waals surface area contributed by atoms with Crippen LogP contribution in [0, 0.1) is 0 Å². The Balaban J connectivity index is 1.09. The number of ether oxygens (including phenoxy) is 1. The van der Waals surface area contributed by atoms with Crippen molar-refractivity contribution in [1.82, 2.24) is 15.0 Å². The van der Waals surface area contributed by atoms with Gasteiger partial charge in [0, 0.05) is 39.7 Å². The molecule has 0 saturated heterocycles. The van der Waals surface area contributed by atoms with Crippen molar-refractivity contribution in [3.8, 4) is 50.8 Å². The quantitative estimate of drug-likeness (QED) is 0.184. The van der Waals surface area contributed by atoms with Gasteiger partial charge in [-0.3, -0.25) is 0 Å². The van der Waals surface area contributed by atoms with E-state index < -0.39 is 0 Å². The van der Waals surface area contributed by atoms with Gasteiger partial charge in [-0.1, -0.05) is 147 Å². The maximum Gasteiger partial charge on any atom is 0.164 e. The standard InChI is InChI=1S/C50H35N3O/c1-50(2)42-28-35(23-25-40(42)45-41(31-13-4-3-5-14-31)27-33-16-8-9-17-37(33)46(45)50)48-51-47(34-21-20-30-12-6-7-15-32(30)26-34)52-49(53-48)36-22-24-39-38-18-10-11-19-43(38)54-44(39)29-36/h3-28,44H,29H2,1-2H3. The van der Waals surface area contributed by atoms with Crippen molar-refractivity contribution >= 4 is 32.7 Å². The Morgan fingerprint density at radius 3 is 2.07 bits per heavy atom. The van der Waals surface area contributed by atoms with Gasteiger partial charge in [0.15, 0.2) is 17.5 Å². The zero-order valence-electron chi connectivity index (χ0n) is 30.0. The molecule has 4 nitrogen and oxygen atoms in total. The van der Waals surface area contributed by atoms with E-state index in [9.17, 15) is 0 Å². The molecule has 2 aliphatic carbocycles. The topological polar surface area (TPSA) is 47.9 Å². The van der Waals surface area contributed by atoms with Crippen molar-refractivity contribution in [2.75, 3.05) is 0 Å². The summed E-state index contributed by atoms with van der Waals surface area (Å²) in [5, 5.41) is 4.89. The van der Waals surface area contributed by atoms with Crippen LogP contribution in [0.1, 0.15) is 42.8 Å². The number of hydrogen-bond donors (Lipinski definition) is 0. The summed E-state index contributed by atoms with van der Waals surface area (Å²) < 4.78 is 6.44. The van der Waals surface area contributed by atoms with E-state index in [0.29, 0.717) is 23.9 Å². The summed E-state index contributed by atoms with van der Waals surface area (Å²) >= 11 is 0. The fraction of sp³-hybridized carbons (Fsp3) is 0.100. The second kappa shape index (κ2) is 11.7. The Morgan fingerprint density at radius 2 is 1.22 bits per heavy atom. The highest BCUT2D eigenvalue weighted by atomic mass is 16.5. The van der Waals surface area contributed by atoms with Gasteiger partial charge in [-0.05, 0) is 79.2 Å². The summed E-state index contributed by atoms with van der Waals surface area (Å²) in [7, 11) is 0. The van der Waals surface area contributed by atoms with Crippen molar-refractivity contribution < 1.29 is 4.74 Å². The average molecular weight is 694 g/mol. The van der Waals surface area contributed by atoms with E-state index in [2.05, 4.69) is 159 Å². The first-order chi connectivity index (χ1) is 26.5. The van der Waals surface area contributed by atoms with Crippen LogP contribution in [0.5, 0.6) is 5.75 Å². The molecule has 256 valence electrons. The van der Waals surface area contributed by atoms with Crippen LogP contribution < -0.4 is 4.74 Å². The molecule has 0 amide bonds. The van der Waals surface area contributed by atoms with Gasteiger partial charge in [0.05, 0.1) is 0 Å². The summed E-state index contributed by atoms with van der Waals surface area (Å²) in [5.41, 5.74) is 12.8. The first-order valence-electron chi connectivity index (χ1n) is 18.7. The molecule has 0 spiro atoms. The molecule has 1 unspecified atom stereocenters. The van der Waals surface area contributed by atoms with Gasteiger partial charge in [-0.25, -0.2) is 15.0 Å². The van der Waals surface area contributed by atoms with Gasteiger partial charge in [-0.2, -0.15) is 0 Å². The third kappa shape index (κ3) is 4.73. The SMILES string of the molecule is CC1(C)c2cc(-c3nc(C4=CC=C5c6ccccc6OC5C4)nc(-c4ccc5ccccc5c4)n3)ccc2-c2c(-c3ccccc3)cc3ccccc3c21. The van der Waals surface area contributed by atoms with Crippen molar-refractivity contribution in [2.24, 2.45) is 0 Å². The number of allylic oxidation sites excluding steroid dienone is 2. The summed E-state index contributed by atoms with van der Waals surface area (Å²) in [6.07, 6.45) is 4.96. The van der Waals surface area contributed by atoms with E-state index in [0.717, 1.165) is 33.4 Å². The first kappa shape index (κ1) is 30.9. The zero-order valence-corrected chi connectivity index (χ0v) is 30.0. The third-order valence-corrected chi connectivity index (χ3v) is 11.6. The highest BCUT2D eigenvalue weighted by molar-refractivity contribution is 6.05. The van der Waals surface area contributed by atoms with E-state index in [4.69, 9.17) is 19.7 Å². The van der Waals surface area contributed by atoms with E-state index >= 15 is 0 Å². The van der Waals surface area contributed by atoms with E-state index in [1.807, 2.05) is 12.1 Å². The molecule has 11 rings (SSSR count). The number of fused-ring (bicyclic) bond motifs is 9. The zero-order chi connectivity index (χ0) is 36.0. The highest BCUT2D eigenvalue weighted by Crippen LogP contribution is 2.55. The molecule has 1 atom stereocenters. The minimum atomic E-state index is -0.260. The second-order valence-corrected chi connectivity index (χ2v) is 15.1. The summed E-state index contributed by atoms with van der Waals surface area (Å²) in [5.74, 6) is 2.93. The lowest BCUT2D eigenvalue weighted by molar-refractivity contribution is 0.281. The monoisotopic (exact) mass is 693 g/mol. The molecule has 1 aromatic heterocycles. The van der Waals surface area contributed by atoms with Crippen LogP contribution in [0.3, 0.4) is 0 Å². The molecule has 0 N–H and O–H groups in total. The third-order valence-electron chi connectivity index (χ3n) is 11.6. The molecular formula is C50H35N3O. The van der Waals surface area contributed by atoms with Crippen LogP contribution in [-0.4, -0.2) is 21.1 Å². The molecule has 0 saturated carbocycles. The lowest BCUT2D eigenvalue weighted by atomic mass is 9.79. The second-order valence-electron chi connectivity index (χ2n) is 15.1. The molecule has 3 aliphatic rings. The van der Waals surface area contributed by atoms with Gasteiger partial charge in [0.1, 0.15) is 11.9 Å². The van der Waals surface area contributed by atoms with Gasteiger partial charge >= 0.3 is 0 Å². The number of hydrogen-bond acceptors (Lipinski definition) is 4. The molecule has 7 aromatic carbocycles. The largest absolute Gasteiger partial charge is 0.485 e. The minimum Gasteiger partial charge on any atom is -0.485 e. The summed E-state index contributed by atoms with van der Waals surface area (Å²) in [6.45, 7) is 4.72. The Labute approximate surface area is 314 Å². The fourth-order valence-corrected chi connectivity index (χ4v) is 8.95. The molecular weight excluding hydrogens is 659 g/mol. The minimum absolute atomic E-state index is 0.0698. The molecule has 0 bridgehead atoms. The number of aromatic nitrogens is 3. The highest BCUT2D eigenvalue weighted by Gasteiger charge is 2.39. The normalized spacial score (nSPS) is 16.2. The molecule has 2 heterocycles. The number of para-hydroxylation sites is 1. The van der Waals surface area contributed by atoms with Gasteiger partial charge in [-0.15, -0.1) is 0 Å². The summed E-state index contributed by atoms with van der Waals surface area (Å²) in [4.78, 5) is 15.6. The molecule has 0 radical (unpaired) electrons. The predicted octanol–water partition coefficient (Wildman–Crippen LogP) is 12.1. The molecule has 8 aromatic rings. The van der Waals surface area contributed by atoms with Crippen molar-refractivity contribution in [3.63, 3.8) is 0 Å². The maximum atomic E-state index is 6.44. The van der Waals surface area contributed by atoms with E-state index in [1.165, 1.54) is 55.1 Å². The van der Waals surface area contributed by atoms with Crippen LogP contribution in [0.4, 0.5) is 0 Å². The number of benzene rings is 7.